The minimum Gasteiger partial charge on any atom is -0.356 e. The van der Waals surface area contributed by atoms with Crippen molar-refractivity contribution in [3.05, 3.63) is 39.4 Å². The van der Waals surface area contributed by atoms with Crippen molar-refractivity contribution in [3.8, 4) is 0 Å². The molecule has 0 spiro atoms. The molecule has 1 aromatic carbocycles. The number of nitrogens with one attached hydrogen (secondary N) is 1. The standard InChI is InChI=1S/C20H28BrN5O2/c1-24-10-12-25(13-11-24)8-3-2-7-22-19(27)6-9-26-15-23-18-5-4-16(21)14-17(18)20(26)28/h4-5,14-15H,2-3,6-13H2,1H3,(H,22,27). The molecule has 2 aromatic rings. The second kappa shape index (κ2) is 10.1. The first-order chi connectivity index (χ1) is 13.5. The predicted octanol–water partition coefficient (Wildman–Crippen LogP) is 1.69. The van der Waals surface area contributed by atoms with E-state index in [1.165, 1.54) is 10.9 Å². The number of unbranched alkanes of at least 4 members (excludes halogenated alkanes) is 1. The number of aryl methyl sites for hydroxylation is 1. The van der Waals surface area contributed by atoms with Gasteiger partial charge < -0.3 is 15.1 Å². The molecule has 0 bridgehead atoms. The van der Waals surface area contributed by atoms with Crippen molar-refractivity contribution in [1.82, 2.24) is 24.7 Å². The summed E-state index contributed by atoms with van der Waals surface area (Å²) in [5.41, 5.74) is 0.542. The van der Waals surface area contributed by atoms with Gasteiger partial charge in [-0.1, -0.05) is 15.9 Å². The maximum Gasteiger partial charge on any atom is 0.261 e. The number of likely N-dealkylation sites (N-methyl/N-ethyl adjacent to an activating group) is 1. The van der Waals surface area contributed by atoms with Crippen molar-refractivity contribution in [1.29, 1.82) is 0 Å². The average Bonchev–Trinajstić information content (AvgIpc) is 2.69. The van der Waals surface area contributed by atoms with Gasteiger partial charge in [-0.05, 0) is 44.6 Å². The summed E-state index contributed by atoms with van der Waals surface area (Å²) in [7, 11) is 2.16. The molecule has 2 heterocycles. The van der Waals surface area contributed by atoms with E-state index in [1.54, 1.807) is 12.1 Å². The van der Waals surface area contributed by atoms with Gasteiger partial charge in [0.2, 0.25) is 5.91 Å². The van der Waals surface area contributed by atoms with E-state index in [-0.39, 0.29) is 17.9 Å². The molecule has 1 amide bonds. The highest BCUT2D eigenvalue weighted by Gasteiger charge is 2.12. The summed E-state index contributed by atoms with van der Waals surface area (Å²) < 4.78 is 2.34. The molecule has 1 aromatic heterocycles. The molecule has 0 atom stereocenters. The van der Waals surface area contributed by atoms with Crippen LogP contribution in [0.1, 0.15) is 19.3 Å². The molecule has 1 aliphatic rings. The van der Waals surface area contributed by atoms with E-state index in [0.29, 0.717) is 24.0 Å². The first kappa shape index (κ1) is 21.0. The Morgan fingerprint density at radius 1 is 1.18 bits per heavy atom. The number of rotatable bonds is 8. The Kier molecular flexibility index (Phi) is 7.58. The van der Waals surface area contributed by atoms with Crippen molar-refractivity contribution in [2.24, 2.45) is 0 Å². The van der Waals surface area contributed by atoms with Gasteiger partial charge in [-0.25, -0.2) is 4.98 Å². The second-order valence-electron chi connectivity index (χ2n) is 7.36. The van der Waals surface area contributed by atoms with E-state index in [1.807, 2.05) is 6.07 Å². The lowest BCUT2D eigenvalue weighted by atomic mass is 10.2. The number of fused-ring (bicyclic) bond motifs is 1. The molecular weight excluding hydrogens is 422 g/mol. The summed E-state index contributed by atoms with van der Waals surface area (Å²) in [5, 5.41) is 3.51. The molecule has 28 heavy (non-hydrogen) atoms. The predicted molar refractivity (Wildman–Crippen MR) is 115 cm³/mol. The summed E-state index contributed by atoms with van der Waals surface area (Å²) >= 11 is 3.38. The van der Waals surface area contributed by atoms with Crippen molar-refractivity contribution in [3.63, 3.8) is 0 Å². The van der Waals surface area contributed by atoms with E-state index >= 15 is 0 Å². The maximum atomic E-state index is 12.5. The number of amides is 1. The SMILES string of the molecule is CN1CCN(CCCCNC(=O)CCn2cnc3ccc(Br)cc3c2=O)CC1. The summed E-state index contributed by atoms with van der Waals surface area (Å²) in [6.07, 6.45) is 3.86. The third kappa shape index (κ3) is 5.86. The normalized spacial score (nSPS) is 15.8. The smallest absolute Gasteiger partial charge is 0.261 e. The van der Waals surface area contributed by atoms with Crippen molar-refractivity contribution in [2.45, 2.75) is 25.8 Å². The Labute approximate surface area is 173 Å². The number of carbonyl (C=O) groups excluding carboxylic acids is 1. The fraction of sp³-hybridized carbons (Fsp3) is 0.550. The van der Waals surface area contributed by atoms with E-state index < -0.39 is 0 Å². The Balaban J connectivity index is 1.37. The topological polar surface area (TPSA) is 70.5 Å². The fourth-order valence-electron chi connectivity index (χ4n) is 3.36. The minimum absolute atomic E-state index is 0.0270. The molecule has 3 rings (SSSR count). The molecule has 1 N–H and O–H groups in total. The van der Waals surface area contributed by atoms with Crippen molar-refractivity contribution < 1.29 is 4.79 Å². The Hall–Kier alpha value is -1.77. The molecule has 0 unspecified atom stereocenters. The number of nitrogens with zero attached hydrogens (tertiary/aromatic N) is 4. The number of hydrogen-bond donors (Lipinski definition) is 1. The average molecular weight is 450 g/mol. The van der Waals surface area contributed by atoms with Crippen molar-refractivity contribution in [2.75, 3.05) is 46.3 Å². The summed E-state index contributed by atoms with van der Waals surface area (Å²) in [6, 6.07) is 5.43. The first-order valence-corrected chi connectivity index (χ1v) is 10.6. The zero-order valence-electron chi connectivity index (χ0n) is 16.4. The van der Waals surface area contributed by atoms with Crippen LogP contribution in [0.25, 0.3) is 10.9 Å². The maximum absolute atomic E-state index is 12.5. The van der Waals surface area contributed by atoms with Crippen LogP contribution in [-0.4, -0.2) is 71.6 Å². The number of halogens is 1. The summed E-state index contributed by atoms with van der Waals surface area (Å²) in [4.78, 5) is 33.7. The van der Waals surface area contributed by atoms with Crippen LogP contribution in [0.5, 0.6) is 0 Å². The molecule has 8 heteroatoms. The van der Waals surface area contributed by atoms with Gasteiger partial charge in [0, 0.05) is 50.2 Å². The highest BCUT2D eigenvalue weighted by molar-refractivity contribution is 9.10. The Morgan fingerprint density at radius 2 is 1.96 bits per heavy atom. The van der Waals surface area contributed by atoms with Gasteiger partial charge in [0.25, 0.3) is 5.56 Å². The lowest BCUT2D eigenvalue weighted by molar-refractivity contribution is -0.121. The number of piperazine rings is 1. The Bertz CT molecular complexity index is 861. The first-order valence-electron chi connectivity index (χ1n) is 9.85. The van der Waals surface area contributed by atoms with Gasteiger partial charge in [-0.15, -0.1) is 0 Å². The monoisotopic (exact) mass is 449 g/mol. The molecule has 1 fully saturated rings. The van der Waals surface area contributed by atoms with Crippen LogP contribution in [0.2, 0.25) is 0 Å². The van der Waals surface area contributed by atoms with Crippen LogP contribution in [-0.2, 0) is 11.3 Å². The number of hydrogen-bond acceptors (Lipinski definition) is 5. The zero-order valence-corrected chi connectivity index (χ0v) is 17.9. The third-order valence-electron chi connectivity index (χ3n) is 5.19. The van der Waals surface area contributed by atoms with E-state index in [4.69, 9.17) is 0 Å². The molecule has 0 aliphatic carbocycles. The van der Waals surface area contributed by atoms with Gasteiger partial charge in [0.05, 0.1) is 17.2 Å². The fourth-order valence-corrected chi connectivity index (χ4v) is 3.72. The largest absolute Gasteiger partial charge is 0.356 e. The second-order valence-corrected chi connectivity index (χ2v) is 8.27. The highest BCUT2D eigenvalue weighted by Crippen LogP contribution is 2.14. The van der Waals surface area contributed by atoms with Gasteiger partial charge in [0.15, 0.2) is 0 Å². The number of benzene rings is 1. The van der Waals surface area contributed by atoms with Crippen LogP contribution in [0.15, 0.2) is 33.8 Å². The van der Waals surface area contributed by atoms with Gasteiger partial charge >= 0.3 is 0 Å². The molecule has 152 valence electrons. The number of carbonyl (C=O) groups is 1. The van der Waals surface area contributed by atoms with Crippen LogP contribution in [0, 0.1) is 0 Å². The molecule has 1 saturated heterocycles. The zero-order chi connectivity index (χ0) is 19.9. The molecule has 7 nitrogen and oxygen atoms in total. The van der Waals surface area contributed by atoms with Crippen LogP contribution >= 0.6 is 15.9 Å². The van der Waals surface area contributed by atoms with Gasteiger partial charge in [-0.2, -0.15) is 0 Å². The lowest BCUT2D eigenvalue weighted by Crippen LogP contribution is -2.44. The molecular formula is C20H28BrN5O2. The van der Waals surface area contributed by atoms with E-state index in [0.717, 1.165) is 50.0 Å². The summed E-state index contributed by atoms with van der Waals surface area (Å²) in [6.45, 7) is 6.65. The Morgan fingerprint density at radius 3 is 2.75 bits per heavy atom. The lowest BCUT2D eigenvalue weighted by Gasteiger charge is -2.32. The number of aromatic nitrogens is 2. The van der Waals surface area contributed by atoms with E-state index in [9.17, 15) is 9.59 Å². The van der Waals surface area contributed by atoms with Gasteiger partial charge in [-0.3, -0.25) is 14.2 Å². The molecule has 1 aliphatic heterocycles. The minimum atomic E-state index is -0.119. The third-order valence-corrected chi connectivity index (χ3v) is 5.68. The molecule has 0 saturated carbocycles. The van der Waals surface area contributed by atoms with Gasteiger partial charge in [0.1, 0.15) is 0 Å². The summed E-state index contributed by atoms with van der Waals surface area (Å²) in [5.74, 6) is -0.0270. The quantitative estimate of drug-likeness (QED) is 0.620. The van der Waals surface area contributed by atoms with Crippen LogP contribution in [0.4, 0.5) is 0 Å². The van der Waals surface area contributed by atoms with Crippen LogP contribution in [0.3, 0.4) is 0 Å². The van der Waals surface area contributed by atoms with Crippen LogP contribution < -0.4 is 10.9 Å². The van der Waals surface area contributed by atoms with Crippen molar-refractivity contribution >= 4 is 32.7 Å². The van der Waals surface area contributed by atoms with E-state index in [2.05, 4.69) is 43.1 Å². The molecule has 0 radical (unpaired) electrons. The highest BCUT2D eigenvalue weighted by atomic mass is 79.9.